The van der Waals surface area contributed by atoms with Gasteiger partial charge in [0.25, 0.3) is 0 Å². The van der Waals surface area contributed by atoms with Crippen LogP contribution < -0.4 is 5.73 Å². The molecule has 0 saturated heterocycles. The minimum absolute atomic E-state index is 0.418. The first-order valence-electron chi connectivity index (χ1n) is 4.49. The number of hydrogen-bond donors (Lipinski definition) is 1. The second-order valence-corrected chi connectivity index (χ2v) is 3.20. The number of oxazole rings is 1. The zero-order chi connectivity index (χ0) is 10.8. The Balaban J connectivity index is 2.68. The van der Waals surface area contributed by atoms with Gasteiger partial charge in [0.1, 0.15) is 6.26 Å². The van der Waals surface area contributed by atoms with E-state index in [4.69, 9.17) is 10.2 Å². The van der Waals surface area contributed by atoms with E-state index in [1.807, 2.05) is 13.0 Å². The van der Waals surface area contributed by atoms with Crippen molar-refractivity contribution in [2.24, 2.45) is 5.73 Å². The van der Waals surface area contributed by atoms with Gasteiger partial charge < -0.3 is 10.2 Å². The van der Waals surface area contributed by atoms with Crippen molar-refractivity contribution in [3.63, 3.8) is 0 Å². The van der Waals surface area contributed by atoms with Gasteiger partial charge in [0.2, 0.25) is 11.8 Å². The Labute approximate surface area is 86.7 Å². The van der Waals surface area contributed by atoms with Crippen molar-refractivity contribution in [2.75, 3.05) is 0 Å². The van der Waals surface area contributed by atoms with Crippen LogP contribution in [0.15, 0.2) is 35.1 Å². The van der Waals surface area contributed by atoms with Crippen LogP contribution in [0.1, 0.15) is 15.9 Å². The molecule has 1 heterocycles. The van der Waals surface area contributed by atoms with Crippen LogP contribution in [-0.4, -0.2) is 10.9 Å². The molecule has 0 unspecified atom stereocenters. The molecule has 4 nitrogen and oxygen atoms in total. The van der Waals surface area contributed by atoms with Crippen molar-refractivity contribution >= 4 is 5.91 Å². The van der Waals surface area contributed by atoms with Gasteiger partial charge in [-0.3, -0.25) is 4.79 Å². The minimum atomic E-state index is -0.480. The van der Waals surface area contributed by atoms with Gasteiger partial charge in [-0.15, -0.1) is 0 Å². The van der Waals surface area contributed by atoms with Gasteiger partial charge in [0.15, 0.2) is 0 Å². The Kier molecular flexibility index (Phi) is 2.25. The molecule has 2 aromatic rings. The molecule has 0 aliphatic heterocycles. The Morgan fingerprint density at radius 1 is 1.47 bits per heavy atom. The standard InChI is InChI=1S/C11H10N2O2/c1-7-3-2-4-8(10(12)14)9(7)11-13-5-6-15-11/h2-6H,1H3,(H2,12,14). The number of carbonyl (C=O) groups excluding carboxylic acids is 1. The quantitative estimate of drug-likeness (QED) is 0.806. The molecule has 4 heteroatoms. The van der Waals surface area contributed by atoms with Gasteiger partial charge in [0, 0.05) is 0 Å². The van der Waals surface area contributed by atoms with Crippen molar-refractivity contribution in [1.82, 2.24) is 4.98 Å². The van der Waals surface area contributed by atoms with Crippen LogP contribution in [0.2, 0.25) is 0 Å². The van der Waals surface area contributed by atoms with Crippen molar-refractivity contribution in [2.45, 2.75) is 6.92 Å². The van der Waals surface area contributed by atoms with Gasteiger partial charge >= 0.3 is 0 Å². The first-order chi connectivity index (χ1) is 7.20. The van der Waals surface area contributed by atoms with E-state index in [0.717, 1.165) is 5.56 Å². The third-order valence-corrected chi connectivity index (χ3v) is 2.18. The summed E-state index contributed by atoms with van der Waals surface area (Å²) in [7, 11) is 0. The summed E-state index contributed by atoms with van der Waals surface area (Å²) in [6.45, 7) is 1.88. The van der Waals surface area contributed by atoms with Crippen molar-refractivity contribution in [3.05, 3.63) is 41.8 Å². The molecular formula is C11H10N2O2. The monoisotopic (exact) mass is 202 g/mol. The maximum atomic E-state index is 11.2. The largest absolute Gasteiger partial charge is 0.444 e. The fourth-order valence-corrected chi connectivity index (χ4v) is 1.50. The Morgan fingerprint density at radius 2 is 2.27 bits per heavy atom. The van der Waals surface area contributed by atoms with Crippen LogP contribution in [0.25, 0.3) is 11.5 Å². The zero-order valence-electron chi connectivity index (χ0n) is 8.23. The lowest BCUT2D eigenvalue weighted by Gasteiger charge is -2.05. The molecule has 0 fully saturated rings. The second-order valence-electron chi connectivity index (χ2n) is 3.20. The number of aromatic nitrogens is 1. The summed E-state index contributed by atoms with van der Waals surface area (Å²) >= 11 is 0. The first-order valence-corrected chi connectivity index (χ1v) is 4.49. The molecule has 1 aromatic carbocycles. The maximum Gasteiger partial charge on any atom is 0.249 e. The van der Waals surface area contributed by atoms with E-state index in [1.54, 1.807) is 12.1 Å². The number of primary amides is 1. The molecule has 76 valence electrons. The summed E-state index contributed by atoms with van der Waals surface area (Å²) < 4.78 is 5.17. The molecule has 1 aromatic heterocycles. The second kappa shape index (κ2) is 3.57. The number of carbonyl (C=O) groups is 1. The van der Waals surface area contributed by atoms with E-state index in [9.17, 15) is 4.79 Å². The van der Waals surface area contributed by atoms with Crippen LogP contribution >= 0.6 is 0 Å². The third kappa shape index (κ3) is 1.61. The number of nitrogens with zero attached hydrogens (tertiary/aromatic N) is 1. The van der Waals surface area contributed by atoms with Crippen molar-refractivity contribution in [3.8, 4) is 11.5 Å². The Morgan fingerprint density at radius 3 is 2.87 bits per heavy atom. The average Bonchev–Trinajstić information content (AvgIpc) is 2.70. The highest BCUT2D eigenvalue weighted by molar-refractivity contribution is 5.99. The Hall–Kier alpha value is -2.10. The van der Waals surface area contributed by atoms with Gasteiger partial charge in [-0.1, -0.05) is 12.1 Å². The molecule has 2 rings (SSSR count). The summed E-state index contributed by atoms with van der Waals surface area (Å²) in [6, 6.07) is 5.32. The molecular weight excluding hydrogens is 192 g/mol. The third-order valence-electron chi connectivity index (χ3n) is 2.18. The minimum Gasteiger partial charge on any atom is -0.444 e. The summed E-state index contributed by atoms with van der Waals surface area (Å²) in [5.41, 5.74) is 7.28. The van der Waals surface area contributed by atoms with E-state index in [1.165, 1.54) is 12.5 Å². The van der Waals surface area contributed by atoms with E-state index in [0.29, 0.717) is 17.0 Å². The molecule has 0 aliphatic carbocycles. The fraction of sp³-hybridized carbons (Fsp3) is 0.0909. The summed E-state index contributed by atoms with van der Waals surface area (Å²) in [4.78, 5) is 15.2. The van der Waals surface area contributed by atoms with E-state index in [-0.39, 0.29) is 0 Å². The molecule has 0 atom stereocenters. The highest BCUT2D eigenvalue weighted by Crippen LogP contribution is 2.25. The molecule has 0 spiro atoms. The topological polar surface area (TPSA) is 69.1 Å². The van der Waals surface area contributed by atoms with Crippen LogP contribution in [0, 0.1) is 6.92 Å². The predicted octanol–water partition coefficient (Wildman–Crippen LogP) is 1.75. The number of benzene rings is 1. The number of hydrogen-bond acceptors (Lipinski definition) is 3. The zero-order valence-corrected chi connectivity index (χ0v) is 8.23. The molecule has 15 heavy (non-hydrogen) atoms. The summed E-state index contributed by atoms with van der Waals surface area (Å²) in [5, 5.41) is 0. The Bertz CT molecular complexity index is 489. The summed E-state index contributed by atoms with van der Waals surface area (Å²) in [5.74, 6) is -0.0613. The van der Waals surface area contributed by atoms with Gasteiger partial charge in [0.05, 0.1) is 17.3 Å². The lowest BCUT2D eigenvalue weighted by Crippen LogP contribution is -2.13. The predicted molar refractivity (Wildman–Crippen MR) is 55.2 cm³/mol. The first kappa shape index (κ1) is 9.45. The lowest BCUT2D eigenvalue weighted by atomic mass is 10.0. The number of aryl methyl sites for hydroxylation is 1. The molecule has 0 radical (unpaired) electrons. The fourth-order valence-electron chi connectivity index (χ4n) is 1.50. The van der Waals surface area contributed by atoms with E-state index in [2.05, 4.69) is 4.98 Å². The van der Waals surface area contributed by atoms with Crippen LogP contribution in [0.3, 0.4) is 0 Å². The number of nitrogens with two attached hydrogens (primary N) is 1. The SMILES string of the molecule is Cc1cccc(C(N)=O)c1-c1ncco1. The molecule has 0 aliphatic rings. The van der Waals surface area contributed by atoms with Crippen LogP contribution in [0.5, 0.6) is 0 Å². The summed E-state index contributed by atoms with van der Waals surface area (Å²) in [6.07, 6.45) is 3.00. The molecule has 0 bridgehead atoms. The molecule has 2 N–H and O–H groups in total. The maximum absolute atomic E-state index is 11.2. The lowest BCUT2D eigenvalue weighted by molar-refractivity contribution is 0.100. The van der Waals surface area contributed by atoms with Gasteiger partial charge in [-0.05, 0) is 18.6 Å². The smallest absolute Gasteiger partial charge is 0.249 e. The van der Waals surface area contributed by atoms with E-state index < -0.39 is 5.91 Å². The highest BCUT2D eigenvalue weighted by atomic mass is 16.3. The normalized spacial score (nSPS) is 10.2. The van der Waals surface area contributed by atoms with Crippen molar-refractivity contribution < 1.29 is 9.21 Å². The van der Waals surface area contributed by atoms with E-state index >= 15 is 0 Å². The van der Waals surface area contributed by atoms with Gasteiger partial charge in [-0.2, -0.15) is 0 Å². The average molecular weight is 202 g/mol. The number of rotatable bonds is 2. The van der Waals surface area contributed by atoms with Crippen molar-refractivity contribution in [1.29, 1.82) is 0 Å². The van der Waals surface area contributed by atoms with Gasteiger partial charge in [-0.25, -0.2) is 4.98 Å². The highest BCUT2D eigenvalue weighted by Gasteiger charge is 2.15. The molecule has 0 saturated carbocycles. The number of amides is 1. The molecule has 1 amide bonds. The van der Waals surface area contributed by atoms with Crippen LogP contribution in [0.4, 0.5) is 0 Å². The van der Waals surface area contributed by atoms with Crippen LogP contribution in [-0.2, 0) is 0 Å².